The molecular weight excluding hydrogens is 270 g/mol. The first-order chi connectivity index (χ1) is 10.8. The number of aliphatic hydroxyl groups excluding tert-OH is 1. The molecule has 0 radical (unpaired) electrons. The topological polar surface area (TPSA) is 32.3 Å². The molecule has 0 spiro atoms. The predicted molar refractivity (Wildman–Crippen MR) is 91.0 cm³/mol. The zero-order valence-corrected chi connectivity index (χ0v) is 13.3. The summed E-state index contributed by atoms with van der Waals surface area (Å²) in [6.07, 6.45) is 5.25. The standard InChI is InChI=1S/C20H25NO/c1-21-19(20(22)17-7-3-2-4-8-17)14-13-16-10-5-9-15-11-6-12-18(15)16/h2-5,7-10,19-22H,6,11-14H2,1H3. The number of hydrogen-bond donors (Lipinski definition) is 2. The van der Waals surface area contributed by atoms with E-state index >= 15 is 0 Å². The lowest BCUT2D eigenvalue weighted by Crippen LogP contribution is -2.32. The van der Waals surface area contributed by atoms with Crippen LogP contribution in [0.2, 0.25) is 0 Å². The van der Waals surface area contributed by atoms with Crippen LogP contribution < -0.4 is 5.32 Å². The molecule has 22 heavy (non-hydrogen) atoms. The zero-order valence-electron chi connectivity index (χ0n) is 13.3. The second-order valence-electron chi connectivity index (χ2n) is 6.20. The molecule has 0 bridgehead atoms. The molecule has 2 aromatic carbocycles. The summed E-state index contributed by atoms with van der Waals surface area (Å²) in [5.74, 6) is 0. The van der Waals surface area contributed by atoms with Gasteiger partial charge in [0.25, 0.3) is 0 Å². The Hall–Kier alpha value is -1.64. The second-order valence-corrected chi connectivity index (χ2v) is 6.20. The van der Waals surface area contributed by atoms with E-state index in [-0.39, 0.29) is 6.04 Å². The molecule has 2 heteroatoms. The van der Waals surface area contributed by atoms with Crippen LogP contribution in [-0.2, 0) is 19.3 Å². The van der Waals surface area contributed by atoms with Crippen molar-refractivity contribution in [1.29, 1.82) is 0 Å². The molecule has 2 atom stereocenters. The van der Waals surface area contributed by atoms with Gasteiger partial charge in [0.15, 0.2) is 0 Å². The third-order valence-corrected chi connectivity index (χ3v) is 4.86. The summed E-state index contributed by atoms with van der Waals surface area (Å²) in [6, 6.07) is 16.7. The van der Waals surface area contributed by atoms with Crippen LogP contribution in [-0.4, -0.2) is 18.2 Å². The molecule has 2 N–H and O–H groups in total. The van der Waals surface area contributed by atoms with Crippen molar-refractivity contribution in [2.24, 2.45) is 0 Å². The van der Waals surface area contributed by atoms with Crippen molar-refractivity contribution in [2.45, 2.75) is 44.2 Å². The van der Waals surface area contributed by atoms with Crippen LogP contribution in [0.15, 0.2) is 48.5 Å². The molecule has 0 saturated carbocycles. The zero-order chi connectivity index (χ0) is 15.4. The van der Waals surface area contributed by atoms with Crippen LogP contribution in [0.3, 0.4) is 0 Å². The Morgan fingerprint density at radius 1 is 1.05 bits per heavy atom. The molecule has 0 aromatic heterocycles. The Morgan fingerprint density at radius 2 is 1.86 bits per heavy atom. The molecule has 0 amide bonds. The molecular formula is C20H25NO. The first-order valence-electron chi connectivity index (χ1n) is 8.29. The quantitative estimate of drug-likeness (QED) is 0.856. The Balaban J connectivity index is 1.68. The van der Waals surface area contributed by atoms with Gasteiger partial charge in [0, 0.05) is 6.04 Å². The number of aryl methyl sites for hydroxylation is 2. The smallest absolute Gasteiger partial charge is 0.0942 e. The minimum absolute atomic E-state index is 0.0830. The molecule has 0 heterocycles. The van der Waals surface area contributed by atoms with Crippen molar-refractivity contribution in [3.8, 4) is 0 Å². The van der Waals surface area contributed by atoms with E-state index < -0.39 is 6.10 Å². The van der Waals surface area contributed by atoms with Gasteiger partial charge in [-0.15, -0.1) is 0 Å². The van der Waals surface area contributed by atoms with Gasteiger partial charge in [0.1, 0.15) is 0 Å². The summed E-state index contributed by atoms with van der Waals surface area (Å²) < 4.78 is 0. The number of aliphatic hydroxyl groups is 1. The van der Waals surface area contributed by atoms with Crippen LogP contribution in [0.1, 0.15) is 41.2 Å². The number of rotatable bonds is 6. The molecule has 0 fully saturated rings. The fraction of sp³-hybridized carbons (Fsp3) is 0.400. The van der Waals surface area contributed by atoms with Gasteiger partial charge in [0.05, 0.1) is 6.10 Å². The van der Waals surface area contributed by atoms with E-state index in [0.717, 1.165) is 18.4 Å². The summed E-state index contributed by atoms with van der Waals surface area (Å²) >= 11 is 0. The predicted octanol–water partition coefficient (Wildman–Crippen LogP) is 3.43. The first kappa shape index (κ1) is 15.3. The maximum Gasteiger partial charge on any atom is 0.0942 e. The molecule has 0 saturated heterocycles. The average Bonchev–Trinajstić information content (AvgIpc) is 3.05. The molecule has 1 aliphatic carbocycles. The maximum absolute atomic E-state index is 10.6. The van der Waals surface area contributed by atoms with Crippen molar-refractivity contribution in [3.05, 3.63) is 70.8 Å². The highest BCUT2D eigenvalue weighted by atomic mass is 16.3. The number of hydrogen-bond acceptors (Lipinski definition) is 2. The third kappa shape index (κ3) is 3.23. The molecule has 2 aromatic rings. The van der Waals surface area contributed by atoms with Gasteiger partial charge in [-0.25, -0.2) is 0 Å². The van der Waals surface area contributed by atoms with E-state index in [1.54, 1.807) is 5.56 Å². The van der Waals surface area contributed by atoms with Gasteiger partial charge >= 0.3 is 0 Å². The number of fused-ring (bicyclic) bond motifs is 1. The van der Waals surface area contributed by atoms with Crippen molar-refractivity contribution in [2.75, 3.05) is 7.05 Å². The number of likely N-dealkylation sites (N-methyl/N-ethyl adjacent to an activating group) is 1. The summed E-state index contributed by atoms with van der Waals surface area (Å²) in [7, 11) is 1.94. The maximum atomic E-state index is 10.6. The summed E-state index contributed by atoms with van der Waals surface area (Å²) in [5.41, 5.74) is 5.55. The summed E-state index contributed by atoms with van der Waals surface area (Å²) in [5, 5.41) is 13.9. The number of benzene rings is 2. The molecule has 0 aliphatic heterocycles. The Bertz CT molecular complexity index is 608. The molecule has 1 aliphatic rings. The van der Waals surface area contributed by atoms with E-state index in [0.29, 0.717) is 0 Å². The van der Waals surface area contributed by atoms with Gasteiger partial charge in [-0.3, -0.25) is 0 Å². The van der Waals surface area contributed by atoms with Crippen LogP contribution in [0.4, 0.5) is 0 Å². The average molecular weight is 295 g/mol. The first-order valence-corrected chi connectivity index (χ1v) is 8.29. The minimum Gasteiger partial charge on any atom is -0.387 e. The Kier molecular flexibility index (Phi) is 4.91. The highest BCUT2D eigenvalue weighted by molar-refractivity contribution is 5.38. The minimum atomic E-state index is -0.456. The fourth-order valence-corrected chi connectivity index (χ4v) is 3.59. The molecule has 2 unspecified atom stereocenters. The van der Waals surface area contributed by atoms with E-state index in [4.69, 9.17) is 0 Å². The van der Waals surface area contributed by atoms with E-state index in [2.05, 4.69) is 23.5 Å². The fourth-order valence-electron chi connectivity index (χ4n) is 3.59. The normalized spacial score (nSPS) is 16.3. The lowest BCUT2D eigenvalue weighted by atomic mass is 9.93. The van der Waals surface area contributed by atoms with Crippen LogP contribution in [0, 0.1) is 0 Å². The second kappa shape index (κ2) is 7.08. The Morgan fingerprint density at radius 3 is 2.64 bits per heavy atom. The van der Waals surface area contributed by atoms with E-state index in [9.17, 15) is 5.11 Å². The SMILES string of the molecule is CNC(CCc1cccc2c1CCC2)C(O)c1ccccc1. The lowest BCUT2D eigenvalue weighted by molar-refractivity contribution is 0.128. The van der Waals surface area contributed by atoms with E-state index in [1.807, 2.05) is 37.4 Å². The van der Waals surface area contributed by atoms with Crippen LogP contribution in [0.5, 0.6) is 0 Å². The van der Waals surface area contributed by atoms with Gasteiger partial charge in [-0.2, -0.15) is 0 Å². The largest absolute Gasteiger partial charge is 0.387 e. The Labute approximate surface area is 133 Å². The van der Waals surface area contributed by atoms with Gasteiger partial charge < -0.3 is 10.4 Å². The molecule has 3 rings (SSSR count). The van der Waals surface area contributed by atoms with E-state index in [1.165, 1.54) is 30.4 Å². The lowest BCUT2D eigenvalue weighted by Gasteiger charge is -2.23. The molecule has 116 valence electrons. The van der Waals surface area contributed by atoms with Crippen molar-refractivity contribution in [3.63, 3.8) is 0 Å². The van der Waals surface area contributed by atoms with Gasteiger partial charge in [0.2, 0.25) is 0 Å². The highest BCUT2D eigenvalue weighted by Gasteiger charge is 2.20. The monoisotopic (exact) mass is 295 g/mol. The van der Waals surface area contributed by atoms with Crippen molar-refractivity contribution >= 4 is 0 Å². The van der Waals surface area contributed by atoms with Crippen molar-refractivity contribution in [1.82, 2.24) is 5.32 Å². The van der Waals surface area contributed by atoms with Gasteiger partial charge in [-0.05, 0) is 61.4 Å². The van der Waals surface area contributed by atoms with Gasteiger partial charge in [-0.1, -0.05) is 48.5 Å². The van der Waals surface area contributed by atoms with Crippen molar-refractivity contribution < 1.29 is 5.11 Å². The third-order valence-electron chi connectivity index (χ3n) is 4.86. The molecule has 2 nitrogen and oxygen atoms in total. The van der Waals surface area contributed by atoms with Crippen LogP contribution >= 0.6 is 0 Å². The highest BCUT2D eigenvalue weighted by Crippen LogP contribution is 2.27. The summed E-state index contributed by atoms with van der Waals surface area (Å²) in [6.45, 7) is 0. The number of nitrogens with one attached hydrogen (secondary N) is 1. The van der Waals surface area contributed by atoms with Crippen LogP contribution in [0.25, 0.3) is 0 Å². The summed E-state index contributed by atoms with van der Waals surface area (Å²) in [4.78, 5) is 0.